The Morgan fingerprint density at radius 2 is 1.62 bits per heavy atom. The number of unbranched alkanes of at least 4 members (excludes halogenated alkanes) is 3. The molecular formula is C17H33N4O2Rb. The molecule has 3 N–H and O–H groups in total. The Hall–Kier alpha value is 0.665. The molecule has 0 aromatic heterocycles. The summed E-state index contributed by atoms with van der Waals surface area (Å²) in [5, 5.41) is 5.86. The summed E-state index contributed by atoms with van der Waals surface area (Å²) >= 11 is 0. The van der Waals surface area contributed by atoms with Gasteiger partial charge < -0.3 is 16.4 Å². The summed E-state index contributed by atoms with van der Waals surface area (Å²) in [6.45, 7) is 5.74. The Morgan fingerprint density at radius 1 is 1.00 bits per heavy atom. The predicted octanol–water partition coefficient (Wildman–Crippen LogP) is -0.900. The molecule has 0 aliphatic carbocycles. The molecule has 1 saturated heterocycles. The summed E-state index contributed by atoms with van der Waals surface area (Å²) in [4.78, 5) is 25.4. The van der Waals surface area contributed by atoms with Gasteiger partial charge in [-0.2, -0.15) is 0 Å². The zero-order valence-electron chi connectivity index (χ0n) is 15.5. The van der Waals surface area contributed by atoms with Gasteiger partial charge in [0.25, 0.3) is 0 Å². The number of carbonyl (C=O) groups is 2. The van der Waals surface area contributed by atoms with E-state index in [0.717, 1.165) is 64.6 Å². The average Bonchev–Trinajstić information content (AvgIpc) is 2.53. The van der Waals surface area contributed by atoms with Crippen molar-refractivity contribution in [1.82, 2.24) is 15.5 Å². The molecule has 0 atom stereocenters. The van der Waals surface area contributed by atoms with Gasteiger partial charge in [-0.3, -0.25) is 14.5 Å². The number of carbonyl (C=O) groups excluding carboxylic acids is 2. The molecule has 0 aromatic rings. The summed E-state index contributed by atoms with van der Waals surface area (Å²) in [7, 11) is 0. The van der Waals surface area contributed by atoms with E-state index in [-0.39, 0.29) is 76.0 Å². The van der Waals surface area contributed by atoms with Crippen LogP contribution in [-0.4, -0.2) is 55.5 Å². The minimum absolute atomic E-state index is 0. The third kappa shape index (κ3) is 12.9. The summed E-state index contributed by atoms with van der Waals surface area (Å²) < 4.78 is 0. The van der Waals surface area contributed by atoms with Gasteiger partial charge in [-0.05, 0) is 32.4 Å². The minimum atomic E-state index is 0. The van der Waals surface area contributed by atoms with Crippen LogP contribution in [0.5, 0.6) is 0 Å². The molecule has 24 heavy (non-hydrogen) atoms. The normalized spacial score (nSPS) is 15.6. The number of hydrogen-bond acceptors (Lipinski definition) is 3. The van der Waals surface area contributed by atoms with E-state index < -0.39 is 0 Å². The van der Waals surface area contributed by atoms with E-state index in [4.69, 9.17) is 5.73 Å². The molecule has 0 radical (unpaired) electrons. The fraction of sp³-hybridized carbons (Fsp3) is 0.882. The topological polar surface area (TPSA) is 85.2 Å². The molecule has 1 aliphatic heterocycles. The monoisotopic (exact) mass is 410 g/mol. The molecule has 7 heteroatoms. The Labute approximate surface area is 195 Å². The van der Waals surface area contributed by atoms with Crippen LogP contribution in [0.2, 0.25) is 0 Å². The molecule has 1 rings (SSSR count). The van der Waals surface area contributed by atoms with E-state index in [2.05, 4.69) is 22.5 Å². The van der Waals surface area contributed by atoms with E-state index in [1.54, 1.807) is 0 Å². The van der Waals surface area contributed by atoms with Crippen LogP contribution in [0.4, 0.5) is 0 Å². The Kier molecular flexibility index (Phi) is 16.3. The second kappa shape index (κ2) is 15.9. The molecule has 134 valence electrons. The van der Waals surface area contributed by atoms with Gasteiger partial charge in [0.1, 0.15) is 0 Å². The third-order valence-corrected chi connectivity index (χ3v) is 4.21. The molecule has 1 heterocycles. The maximum absolute atomic E-state index is 11.8. The molecule has 0 spiro atoms. The Morgan fingerprint density at radius 3 is 2.29 bits per heavy atom. The van der Waals surface area contributed by atoms with Crippen molar-refractivity contribution < 1.29 is 67.8 Å². The molecule has 1 aliphatic rings. The first-order valence-corrected chi connectivity index (χ1v) is 9.08. The largest absolute Gasteiger partial charge is 1.00 e. The van der Waals surface area contributed by atoms with Crippen molar-refractivity contribution in [3.05, 3.63) is 5.73 Å². The van der Waals surface area contributed by atoms with Crippen molar-refractivity contribution in [1.29, 1.82) is 0 Å². The Balaban J connectivity index is 0.00000529. The second-order valence-corrected chi connectivity index (χ2v) is 6.41. The van der Waals surface area contributed by atoms with Gasteiger partial charge in [0, 0.05) is 19.5 Å². The third-order valence-electron chi connectivity index (χ3n) is 4.21. The first-order chi connectivity index (χ1) is 11.1. The minimum Gasteiger partial charge on any atom is -0.675 e. The Bertz CT molecular complexity index is 347. The quantitative estimate of drug-likeness (QED) is 0.433. The summed E-state index contributed by atoms with van der Waals surface area (Å²) in [6.07, 6.45) is 7.22. The average molecular weight is 411 g/mol. The number of likely N-dealkylation sites (tertiary alicyclic amines) is 1. The number of amides is 2. The van der Waals surface area contributed by atoms with Crippen molar-refractivity contribution in [2.45, 2.75) is 64.3 Å². The maximum atomic E-state index is 11.8. The molecular weight excluding hydrogens is 378 g/mol. The van der Waals surface area contributed by atoms with Crippen LogP contribution in [0.15, 0.2) is 0 Å². The summed E-state index contributed by atoms with van der Waals surface area (Å²) in [5.41, 5.74) is 7.64. The fourth-order valence-electron chi connectivity index (χ4n) is 2.66. The molecule has 0 unspecified atom stereocenters. The predicted molar refractivity (Wildman–Crippen MR) is 93.2 cm³/mol. The van der Waals surface area contributed by atoms with E-state index in [1.807, 2.05) is 0 Å². The SMILES string of the molecule is CCCCNC(=O)CCCCCNC(=O)CN1CCC([NH-])CC1.[Rb+]. The van der Waals surface area contributed by atoms with Crippen LogP contribution in [0.3, 0.4) is 0 Å². The zero-order chi connectivity index (χ0) is 16.9. The first kappa shape index (κ1) is 24.7. The van der Waals surface area contributed by atoms with Crippen molar-refractivity contribution in [2.24, 2.45) is 0 Å². The standard InChI is InChI=1S/C17H33N4O2.Rb/c1-2-3-10-19-16(22)7-5-4-6-11-20-17(23)14-21-12-8-15(18)9-13-21;/h15,18H,2-14H2,1H3,(H,19,22)(H,20,23);/q-1;+1. The molecule has 2 amide bonds. The van der Waals surface area contributed by atoms with E-state index in [9.17, 15) is 9.59 Å². The zero-order valence-corrected chi connectivity index (χ0v) is 20.4. The van der Waals surface area contributed by atoms with Crippen molar-refractivity contribution in [3.63, 3.8) is 0 Å². The molecule has 0 saturated carbocycles. The number of nitrogens with one attached hydrogen (secondary N) is 3. The fourth-order valence-corrected chi connectivity index (χ4v) is 2.66. The van der Waals surface area contributed by atoms with Gasteiger partial charge in [0.15, 0.2) is 0 Å². The van der Waals surface area contributed by atoms with Crippen LogP contribution in [-0.2, 0) is 9.59 Å². The van der Waals surface area contributed by atoms with Gasteiger partial charge in [0.2, 0.25) is 11.8 Å². The van der Waals surface area contributed by atoms with Gasteiger partial charge in [-0.15, -0.1) is 6.04 Å². The van der Waals surface area contributed by atoms with Crippen LogP contribution >= 0.6 is 0 Å². The molecule has 0 bridgehead atoms. The maximum Gasteiger partial charge on any atom is 1.00 e. The van der Waals surface area contributed by atoms with Crippen LogP contribution in [0.25, 0.3) is 5.73 Å². The number of piperidine rings is 1. The first-order valence-electron chi connectivity index (χ1n) is 9.08. The van der Waals surface area contributed by atoms with Crippen LogP contribution in [0.1, 0.15) is 58.3 Å². The summed E-state index contributed by atoms with van der Waals surface area (Å²) in [6, 6.07) is 0.0495. The van der Waals surface area contributed by atoms with Gasteiger partial charge in [-0.25, -0.2) is 0 Å². The van der Waals surface area contributed by atoms with Crippen molar-refractivity contribution in [3.8, 4) is 0 Å². The van der Waals surface area contributed by atoms with Gasteiger partial charge >= 0.3 is 58.2 Å². The van der Waals surface area contributed by atoms with Crippen LogP contribution in [0, 0.1) is 0 Å². The van der Waals surface area contributed by atoms with Crippen molar-refractivity contribution in [2.75, 3.05) is 32.7 Å². The van der Waals surface area contributed by atoms with Crippen molar-refractivity contribution >= 4 is 11.8 Å². The second-order valence-electron chi connectivity index (χ2n) is 6.41. The molecule has 6 nitrogen and oxygen atoms in total. The number of nitrogens with zero attached hydrogens (tertiary/aromatic N) is 1. The smallest absolute Gasteiger partial charge is 0.675 e. The van der Waals surface area contributed by atoms with E-state index in [0.29, 0.717) is 19.5 Å². The number of rotatable bonds is 11. The van der Waals surface area contributed by atoms with Gasteiger partial charge in [0.05, 0.1) is 6.54 Å². The van der Waals surface area contributed by atoms with Crippen LogP contribution < -0.4 is 68.8 Å². The molecule has 0 aromatic carbocycles. The van der Waals surface area contributed by atoms with E-state index >= 15 is 0 Å². The van der Waals surface area contributed by atoms with Gasteiger partial charge in [-0.1, -0.05) is 32.6 Å². The summed E-state index contributed by atoms with van der Waals surface area (Å²) in [5.74, 6) is 0.214. The number of hydrogen-bond donors (Lipinski definition) is 2. The van der Waals surface area contributed by atoms with E-state index in [1.165, 1.54) is 0 Å². The molecule has 1 fully saturated rings.